The minimum Gasteiger partial charge on any atom is -0.379 e. The fourth-order valence-corrected chi connectivity index (χ4v) is 4.36. The van der Waals surface area contributed by atoms with Crippen LogP contribution >= 0.6 is 0 Å². The van der Waals surface area contributed by atoms with E-state index in [4.69, 9.17) is 4.74 Å². The molecule has 0 aromatic heterocycles. The van der Waals surface area contributed by atoms with Crippen LogP contribution in [0.15, 0.2) is 24.3 Å². The molecule has 118 valence electrons. The molecule has 2 atom stereocenters. The molecule has 3 fully saturated rings. The van der Waals surface area contributed by atoms with Crippen molar-refractivity contribution in [2.24, 2.45) is 0 Å². The van der Waals surface area contributed by atoms with Gasteiger partial charge in [-0.2, -0.15) is 0 Å². The smallest absolute Gasteiger partial charge is 0.269 e. The summed E-state index contributed by atoms with van der Waals surface area (Å²) in [6.45, 7) is 3.59. The number of morpholine rings is 1. The van der Waals surface area contributed by atoms with Gasteiger partial charge in [-0.3, -0.25) is 15.0 Å². The van der Waals surface area contributed by atoms with Crippen molar-refractivity contribution >= 4 is 11.4 Å². The quantitative estimate of drug-likeness (QED) is 0.487. The van der Waals surface area contributed by atoms with Crippen molar-refractivity contribution in [1.82, 2.24) is 4.90 Å². The van der Waals surface area contributed by atoms with Gasteiger partial charge in [-0.1, -0.05) is 6.42 Å². The fraction of sp³-hybridized carbons (Fsp3) is 0.625. The van der Waals surface area contributed by atoms with Gasteiger partial charge < -0.3 is 9.64 Å². The van der Waals surface area contributed by atoms with Gasteiger partial charge in [0.1, 0.15) is 5.66 Å². The summed E-state index contributed by atoms with van der Waals surface area (Å²) < 4.78 is 5.50. The number of hydrogen-bond acceptors (Lipinski definition) is 5. The van der Waals surface area contributed by atoms with Gasteiger partial charge in [0.05, 0.1) is 24.2 Å². The molecule has 1 aromatic carbocycles. The minimum absolute atomic E-state index is 0.137. The number of non-ortho nitro benzene ring substituents is 1. The fourth-order valence-electron chi connectivity index (χ4n) is 4.36. The third kappa shape index (κ3) is 2.01. The Morgan fingerprint density at radius 1 is 1.18 bits per heavy atom. The van der Waals surface area contributed by atoms with Crippen LogP contribution in [0.25, 0.3) is 0 Å². The van der Waals surface area contributed by atoms with Gasteiger partial charge in [0.15, 0.2) is 0 Å². The van der Waals surface area contributed by atoms with Crippen LogP contribution in [0.2, 0.25) is 0 Å². The molecule has 22 heavy (non-hydrogen) atoms. The first-order chi connectivity index (χ1) is 10.7. The van der Waals surface area contributed by atoms with Crippen LogP contribution in [0.3, 0.4) is 0 Å². The molecule has 2 saturated heterocycles. The van der Waals surface area contributed by atoms with Crippen LogP contribution in [-0.2, 0) is 4.74 Å². The van der Waals surface area contributed by atoms with Gasteiger partial charge in [0, 0.05) is 30.9 Å². The van der Waals surface area contributed by atoms with E-state index in [1.807, 2.05) is 12.1 Å². The lowest BCUT2D eigenvalue weighted by Gasteiger charge is -2.36. The summed E-state index contributed by atoms with van der Waals surface area (Å²) in [5, 5.41) is 10.8. The van der Waals surface area contributed by atoms with Gasteiger partial charge in [-0.15, -0.1) is 0 Å². The molecule has 1 aliphatic carbocycles. The maximum Gasteiger partial charge on any atom is 0.269 e. The second-order valence-corrected chi connectivity index (χ2v) is 6.38. The number of nitro benzene ring substituents is 1. The van der Waals surface area contributed by atoms with E-state index in [9.17, 15) is 10.1 Å². The Hall–Kier alpha value is -1.66. The highest BCUT2D eigenvalue weighted by atomic mass is 16.6. The van der Waals surface area contributed by atoms with Gasteiger partial charge in [-0.25, -0.2) is 0 Å². The van der Waals surface area contributed by atoms with Crippen molar-refractivity contribution in [3.63, 3.8) is 0 Å². The standard InChI is InChI=1S/C16H21N3O3/c20-19(21)14-6-4-13(5-7-14)18-15-3-1-2-8-16(15,18)17-9-11-22-12-10-17/h4-7,15H,1-3,8-12H2/t15-,16+,18?/m0/s1. The summed E-state index contributed by atoms with van der Waals surface area (Å²) in [6.07, 6.45) is 4.95. The Kier molecular flexibility index (Phi) is 3.31. The lowest BCUT2D eigenvalue weighted by atomic mass is 9.94. The van der Waals surface area contributed by atoms with Gasteiger partial charge in [0.25, 0.3) is 5.69 Å². The third-order valence-electron chi connectivity index (χ3n) is 5.36. The number of fused-ring (bicyclic) bond motifs is 1. The Morgan fingerprint density at radius 3 is 2.59 bits per heavy atom. The molecule has 0 amide bonds. The van der Waals surface area contributed by atoms with E-state index in [-0.39, 0.29) is 16.3 Å². The summed E-state index contributed by atoms with van der Waals surface area (Å²) in [5.41, 5.74) is 1.41. The molecule has 0 spiro atoms. The Labute approximate surface area is 129 Å². The highest BCUT2D eigenvalue weighted by Crippen LogP contribution is 2.55. The summed E-state index contributed by atoms with van der Waals surface area (Å²) in [6, 6.07) is 7.59. The first-order valence-electron chi connectivity index (χ1n) is 8.10. The molecule has 0 unspecified atom stereocenters. The topological polar surface area (TPSA) is 58.6 Å². The first kappa shape index (κ1) is 14.0. The number of nitrogens with zero attached hydrogens (tertiary/aromatic N) is 3. The second-order valence-electron chi connectivity index (χ2n) is 6.38. The molecule has 4 rings (SSSR count). The summed E-state index contributed by atoms with van der Waals surface area (Å²) >= 11 is 0. The van der Waals surface area contributed by atoms with Gasteiger partial charge >= 0.3 is 0 Å². The Bertz CT molecular complexity index is 571. The molecule has 1 aromatic rings. The molecule has 0 radical (unpaired) electrons. The van der Waals surface area contributed by atoms with Crippen molar-refractivity contribution in [2.45, 2.75) is 37.4 Å². The largest absolute Gasteiger partial charge is 0.379 e. The predicted octanol–water partition coefficient (Wildman–Crippen LogP) is 2.39. The average molecular weight is 303 g/mol. The number of benzene rings is 1. The monoisotopic (exact) mass is 303 g/mol. The second kappa shape index (κ2) is 5.21. The maximum atomic E-state index is 10.8. The molecule has 0 N–H and O–H groups in total. The van der Waals surface area contributed by atoms with E-state index in [0.717, 1.165) is 32.0 Å². The molecular weight excluding hydrogens is 282 g/mol. The molecule has 6 heteroatoms. The average Bonchev–Trinajstić information content (AvgIpc) is 3.26. The number of hydrogen-bond donors (Lipinski definition) is 0. The summed E-state index contributed by atoms with van der Waals surface area (Å²) in [5.74, 6) is 0. The molecule has 6 nitrogen and oxygen atoms in total. The van der Waals surface area contributed by atoms with Crippen LogP contribution in [0.5, 0.6) is 0 Å². The minimum atomic E-state index is -0.337. The van der Waals surface area contributed by atoms with Gasteiger partial charge in [0.2, 0.25) is 0 Å². The van der Waals surface area contributed by atoms with Crippen molar-refractivity contribution < 1.29 is 9.66 Å². The zero-order valence-corrected chi connectivity index (χ0v) is 12.6. The highest BCUT2D eigenvalue weighted by molar-refractivity contribution is 5.62. The number of rotatable bonds is 3. The first-order valence-corrected chi connectivity index (χ1v) is 8.10. The predicted molar refractivity (Wildman–Crippen MR) is 83.0 cm³/mol. The van der Waals surface area contributed by atoms with E-state index in [1.165, 1.54) is 25.7 Å². The van der Waals surface area contributed by atoms with Crippen LogP contribution < -0.4 is 4.90 Å². The van der Waals surface area contributed by atoms with E-state index in [1.54, 1.807) is 12.1 Å². The Morgan fingerprint density at radius 2 is 1.91 bits per heavy atom. The van der Waals surface area contributed by atoms with Crippen molar-refractivity contribution in [2.75, 3.05) is 31.2 Å². The summed E-state index contributed by atoms with van der Waals surface area (Å²) in [7, 11) is 0. The lowest BCUT2D eigenvalue weighted by Crippen LogP contribution is -2.49. The van der Waals surface area contributed by atoms with Crippen molar-refractivity contribution in [3.05, 3.63) is 34.4 Å². The number of nitro groups is 1. The van der Waals surface area contributed by atoms with Crippen LogP contribution in [0.4, 0.5) is 11.4 Å². The summed E-state index contributed by atoms with van der Waals surface area (Å²) in [4.78, 5) is 15.5. The SMILES string of the molecule is O=[N+]([O-])c1ccc(N2[C@H]3CCCC[C@]32N2CCOCC2)cc1. The van der Waals surface area contributed by atoms with Crippen molar-refractivity contribution in [3.8, 4) is 0 Å². The molecule has 1 saturated carbocycles. The third-order valence-corrected chi connectivity index (χ3v) is 5.36. The maximum absolute atomic E-state index is 10.8. The van der Waals surface area contributed by atoms with Gasteiger partial charge in [-0.05, 0) is 31.4 Å². The van der Waals surface area contributed by atoms with Crippen molar-refractivity contribution in [1.29, 1.82) is 0 Å². The molecule has 2 heterocycles. The zero-order chi connectivity index (χ0) is 15.2. The van der Waals surface area contributed by atoms with E-state index < -0.39 is 0 Å². The van der Waals surface area contributed by atoms with E-state index >= 15 is 0 Å². The molecular formula is C16H21N3O3. The lowest BCUT2D eigenvalue weighted by molar-refractivity contribution is -0.384. The molecule has 3 aliphatic rings. The zero-order valence-electron chi connectivity index (χ0n) is 12.6. The molecule has 2 aliphatic heterocycles. The molecule has 0 bridgehead atoms. The van der Waals surface area contributed by atoms with E-state index in [2.05, 4.69) is 9.80 Å². The van der Waals surface area contributed by atoms with E-state index in [0.29, 0.717) is 6.04 Å². The number of ether oxygens (including phenoxy) is 1. The normalized spacial score (nSPS) is 31.6. The van der Waals surface area contributed by atoms with Crippen LogP contribution in [-0.4, -0.2) is 47.8 Å². The Balaban J connectivity index is 1.61. The highest BCUT2D eigenvalue weighted by Gasteiger charge is 2.66. The van der Waals surface area contributed by atoms with Crippen LogP contribution in [0, 0.1) is 10.1 Å². The van der Waals surface area contributed by atoms with Crippen LogP contribution in [0.1, 0.15) is 25.7 Å². The number of anilines is 1.